The SMILES string of the molecule is CC(C)(CCO)NC(=O)NCc1ccccc1. The lowest BCUT2D eigenvalue weighted by atomic mass is 10.0. The molecule has 0 heterocycles. The van der Waals surface area contributed by atoms with E-state index in [2.05, 4.69) is 10.6 Å². The molecule has 0 saturated heterocycles. The Balaban J connectivity index is 2.35. The van der Waals surface area contributed by atoms with Gasteiger partial charge in [0.2, 0.25) is 0 Å². The number of aliphatic hydroxyl groups is 1. The van der Waals surface area contributed by atoms with E-state index in [0.717, 1.165) is 5.56 Å². The minimum absolute atomic E-state index is 0.0615. The number of amides is 2. The van der Waals surface area contributed by atoms with Crippen LogP contribution in [0.5, 0.6) is 0 Å². The van der Waals surface area contributed by atoms with Gasteiger partial charge in [-0.05, 0) is 25.8 Å². The van der Waals surface area contributed by atoms with Crippen LogP contribution < -0.4 is 10.6 Å². The zero-order valence-electron chi connectivity index (χ0n) is 10.4. The van der Waals surface area contributed by atoms with Gasteiger partial charge in [-0.15, -0.1) is 0 Å². The molecule has 1 aromatic rings. The summed E-state index contributed by atoms with van der Waals surface area (Å²) in [6.45, 7) is 4.32. The number of carbonyl (C=O) groups excluding carboxylic acids is 1. The third-order valence-corrected chi connectivity index (χ3v) is 2.48. The van der Waals surface area contributed by atoms with Gasteiger partial charge in [0.05, 0.1) is 0 Å². The Hall–Kier alpha value is -1.55. The van der Waals surface area contributed by atoms with Crippen LogP contribution in [0.1, 0.15) is 25.8 Å². The van der Waals surface area contributed by atoms with E-state index < -0.39 is 5.54 Å². The molecule has 17 heavy (non-hydrogen) atoms. The van der Waals surface area contributed by atoms with Crippen LogP contribution in [0.3, 0.4) is 0 Å². The Kier molecular flexibility index (Phi) is 4.97. The van der Waals surface area contributed by atoms with E-state index in [1.54, 1.807) is 0 Å². The van der Waals surface area contributed by atoms with Gasteiger partial charge < -0.3 is 15.7 Å². The van der Waals surface area contributed by atoms with Gasteiger partial charge in [-0.25, -0.2) is 4.79 Å². The van der Waals surface area contributed by atoms with Crippen molar-refractivity contribution in [3.8, 4) is 0 Å². The molecule has 0 spiro atoms. The molecule has 4 nitrogen and oxygen atoms in total. The molecule has 0 aliphatic carbocycles. The molecule has 1 aromatic carbocycles. The molecule has 0 unspecified atom stereocenters. The molecular weight excluding hydrogens is 216 g/mol. The number of rotatable bonds is 5. The molecule has 4 heteroatoms. The van der Waals surface area contributed by atoms with Crippen molar-refractivity contribution in [2.45, 2.75) is 32.4 Å². The highest BCUT2D eigenvalue weighted by molar-refractivity contribution is 5.74. The minimum Gasteiger partial charge on any atom is -0.396 e. The van der Waals surface area contributed by atoms with Crippen LogP contribution in [-0.4, -0.2) is 23.3 Å². The Bertz CT molecular complexity index is 350. The van der Waals surface area contributed by atoms with Crippen LogP contribution in [0.15, 0.2) is 30.3 Å². The Morgan fingerprint density at radius 3 is 2.53 bits per heavy atom. The van der Waals surface area contributed by atoms with Crippen molar-refractivity contribution in [1.82, 2.24) is 10.6 Å². The first-order valence-corrected chi connectivity index (χ1v) is 5.74. The van der Waals surface area contributed by atoms with Crippen molar-refractivity contribution in [3.63, 3.8) is 0 Å². The smallest absolute Gasteiger partial charge is 0.315 e. The van der Waals surface area contributed by atoms with E-state index in [4.69, 9.17) is 5.11 Å². The van der Waals surface area contributed by atoms with E-state index in [-0.39, 0.29) is 12.6 Å². The second-order valence-electron chi connectivity index (χ2n) is 4.65. The van der Waals surface area contributed by atoms with Gasteiger partial charge >= 0.3 is 6.03 Å². The standard InChI is InChI=1S/C13H20N2O2/c1-13(2,8-9-16)15-12(17)14-10-11-6-4-3-5-7-11/h3-7,16H,8-10H2,1-2H3,(H2,14,15,17). The summed E-state index contributed by atoms with van der Waals surface area (Å²) in [5, 5.41) is 14.5. The molecule has 0 aliphatic heterocycles. The molecular formula is C13H20N2O2. The molecule has 1 rings (SSSR count). The van der Waals surface area contributed by atoms with Gasteiger partial charge in [0, 0.05) is 18.7 Å². The van der Waals surface area contributed by atoms with Crippen molar-refractivity contribution in [1.29, 1.82) is 0 Å². The molecule has 2 amide bonds. The first kappa shape index (κ1) is 13.5. The van der Waals surface area contributed by atoms with Crippen LogP contribution in [-0.2, 0) is 6.54 Å². The molecule has 94 valence electrons. The summed E-state index contributed by atoms with van der Waals surface area (Å²) in [6, 6.07) is 9.51. The maximum absolute atomic E-state index is 11.6. The third-order valence-electron chi connectivity index (χ3n) is 2.48. The molecule has 0 radical (unpaired) electrons. The van der Waals surface area contributed by atoms with E-state index >= 15 is 0 Å². The third kappa shape index (κ3) is 5.36. The largest absolute Gasteiger partial charge is 0.396 e. The predicted molar refractivity (Wildman–Crippen MR) is 67.6 cm³/mol. The highest BCUT2D eigenvalue weighted by atomic mass is 16.3. The number of hydrogen-bond acceptors (Lipinski definition) is 2. The molecule has 0 atom stereocenters. The summed E-state index contributed by atoms with van der Waals surface area (Å²) in [5.74, 6) is 0. The number of benzene rings is 1. The lowest BCUT2D eigenvalue weighted by Gasteiger charge is -2.25. The fraction of sp³-hybridized carbons (Fsp3) is 0.462. The highest BCUT2D eigenvalue weighted by Gasteiger charge is 2.19. The van der Waals surface area contributed by atoms with Crippen LogP contribution >= 0.6 is 0 Å². The lowest BCUT2D eigenvalue weighted by Crippen LogP contribution is -2.48. The average Bonchev–Trinajstić information content (AvgIpc) is 2.27. The topological polar surface area (TPSA) is 61.4 Å². The van der Waals surface area contributed by atoms with Crippen molar-refractivity contribution in [3.05, 3.63) is 35.9 Å². The minimum atomic E-state index is -0.393. The van der Waals surface area contributed by atoms with E-state index in [0.29, 0.717) is 13.0 Å². The molecule has 3 N–H and O–H groups in total. The fourth-order valence-electron chi connectivity index (χ4n) is 1.47. The van der Waals surface area contributed by atoms with Crippen molar-refractivity contribution in [2.24, 2.45) is 0 Å². The van der Waals surface area contributed by atoms with Gasteiger partial charge in [-0.1, -0.05) is 30.3 Å². The van der Waals surface area contributed by atoms with Crippen LogP contribution in [0, 0.1) is 0 Å². The van der Waals surface area contributed by atoms with Crippen LogP contribution in [0.4, 0.5) is 4.79 Å². The van der Waals surface area contributed by atoms with Crippen molar-refractivity contribution in [2.75, 3.05) is 6.61 Å². The quantitative estimate of drug-likeness (QED) is 0.728. The molecule has 0 fully saturated rings. The zero-order valence-corrected chi connectivity index (χ0v) is 10.4. The Morgan fingerprint density at radius 2 is 1.94 bits per heavy atom. The molecule has 0 aliphatic rings. The van der Waals surface area contributed by atoms with E-state index in [1.807, 2.05) is 44.2 Å². The summed E-state index contributed by atoms with van der Waals surface area (Å²) in [6.07, 6.45) is 0.533. The van der Waals surface area contributed by atoms with Gasteiger partial charge in [0.25, 0.3) is 0 Å². The van der Waals surface area contributed by atoms with Crippen LogP contribution in [0.2, 0.25) is 0 Å². The second-order valence-corrected chi connectivity index (χ2v) is 4.65. The Labute approximate surface area is 102 Å². The first-order chi connectivity index (χ1) is 8.03. The predicted octanol–water partition coefficient (Wildman–Crippen LogP) is 1.65. The second kappa shape index (κ2) is 6.25. The van der Waals surface area contributed by atoms with Gasteiger partial charge in [0.15, 0.2) is 0 Å². The summed E-state index contributed by atoms with van der Waals surface area (Å²) >= 11 is 0. The van der Waals surface area contributed by atoms with Gasteiger partial charge in [0.1, 0.15) is 0 Å². The fourth-order valence-corrected chi connectivity index (χ4v) is 1.47. The summed E-state index contributed by atoms with van der Waals surface area (Å²) in [7, 11) is 0. The number of nitrogens with one attached hydrogen (secondary N) is 2. The number of aliphatic hydroxyl groups excluding tert-OH is 1. The summed E-state index contributed by atoms with van der Waals surface area (Å²) in [4.78, 5) is 11.6. The highest BCUT2D eigenvalue weighted by Crippen LogP contribution is 2.06. The van der Waals surface area contributed by atoms with Crippen molar-refractivity contribution < 1.29 is 9.90 Å². The van der Waals surface area contributed by atoms with Gasteiger partial charge in [-0.3, -0.25) is 0 Å². The summed E-state index contributed by atoms with van der Waals surface area (Å²) < 4.78 is 0. The van der Waals surface area contributed by atoms with Gasteiger partial charge in [-0.2, -0.15) is 0 Å². The Morgan fingerprint density at radius 1 is 1.29 bits per heavy atom. The molecule has 0 aromatic heterocycles. The number of carbonyl (C=O) groups is 1. The van der Waals surface area contributed by atoms with E-state index in [1.165, 1.54) is 0 Å². The van der Waals surface area contributed by atoms with Crippen LogP contribution in [0.25, 0.3) is 0 Å². The van der Waals surface area contributed by atoms with E-state index in [9.17, 15) is 4.79 Å². The normalized spacial score (nSPS) is 11.0. The monoisotopic (exact) mass is 236 g/mol. The van der Waals surface area contributed by atoms with Crippen molar-refractivity contribution >= 4 is 6.03 Å². The first-order valence-electron chi connectivity index (χ1n) is 5.74. The zero-order chi connectivity index (χ0) is 12.7. The molecule has 0 saturated carbocycles. The summed E-state index contributed by atoms with van der Waals surface area (Å²) in [5.41, 5.74) is 0.665. The number of urea groups is 1. The maximum atomic E-state index is 11.6. The molecule has 0 bridgehead atoms. The number of hydrogen-bond donors (Lipinski definition) is 3. The average molecular weight is 236 g/mol. The lowest BCUT2D eigenvalue weighted by molar-refractivity contribution is 0.210. The maximum Gasteiger partial charge on any atom is 0.315 e.